The molecule has 21 heavy (non-hydrogen) atoms. The first-order valence-corrected chi connectivity index (χ1v) is 6.89. The lowest BCUT2D eigenvalue weighted by molar-refractivity contribution is 0.224. The van der Waals surface area contributed by atoms with Crippen LogP contribution in [0.4, 0.5) is 5.69 Å². The van der Waals surface area contributed by atoms with Crippen LogP contribution in [0.3, 0.4) is 0 Å². The van der Waals surface area contributed by atoms with Crippen molar-refractivity contribution in [2.75, 3.05) is 5.43 Å². The molecule has 0 aliphatic heterocycles. The minimum absolute atomic E-state index is 0.195. The van der Waals surface area contributed by atoms with E-state index in [4.69, 9.17) is 16.4 Å². The molecule has 1 aromatic heterocycles. The first-order valence-electron chi connectivity index (χ1n) is 6.01. The normalized spacial score (nSPS) is 12.5. The third kappa shape index (κ3) is 3.66. The number of benzene rings is 1. The van der Waals surface area contributed by atoms with Crippen LogP contribution in [-0.4, -0.2) is 16.7 Å². The summed E-state index contributed by atoms with van der Waals surface area (Å²) in [6.45, 7) is 0. The van der Waals surface area contributed by atoms with Crippen LogP contribution in [0.15, 0.2) is 46.9 Å². The van der Waals surface area contributed by atoms with E-state index in [0.29, 0.717) is 11.3 Å². The highest BCUT2D eigenvalue weighted by molar-refractivity contribution is 7.10. The zero-order valence-electron chi connectivity index (χ0n) is 10.9. The molecule has 106 valence electrons. The highest BCUT2D eigenvalue weighted by atomic mass is 32.1. The zero-order valence-corrected chi connectivity index (χ0v) is 11.8. The molecule has 2 rings (SSSR count). The Morgan fingerprint density at radius 2 is 2.24 bits per heavy atom. The van der Waals surface area contributed by atoms with Gasteiger partial charge in [0, 0.05) is 4.88 Å². The van der Waals surface area contributed by atoms with Crippen molar-refractivity contribution < 1.29 is 5.11 Å². The number of anilines is 1. The molecule has 1 aromatic carbocycles. The molecule has 0 spiro atoms. The zero-order chi connectivity index (χ0) is 15.2. The number of thiophene rings is 1. The number of aliphatic hydroxyl groups is 1. The molecule has 0 fully saturated rings. The van der Waals surface area contributed by atoms with Gasteiger partial charge in [-0.25, -0.2) is 0 Å². The van der Waals surface area contributed by atoms with Crippen molar-refractivity contribution in [3.8, 4) is 6.07 Å². The topological polar surface area (TPSA) is 118 Å². The van der Waals surface area contributed by atoms with Gasteiger partial charge in [0.1, 0.15) is 12.2 Å². The second-order valence-corrected chi connectivity index (χ2v) is 5.12. The Bertz CT molecular complexity index is 702. The molecule has 0 saturated heterocycles. The van der Waals surface area contributed by atoms with E-state index < -0.39 is 11.9 Å². The van der Waals surface area contributed by atoms with E-state index >= 15 is 0 Å². The summed E-state index contributed by atoms with van der Waals surface area (Å²) in [5.74, 6) is -0.403. The molecule has 7 heteroatoms. The van der Waals surface area contributed by atoms with Gasteiger partial charge in [-0.3, -0.25) is 10.8 Å². The van der Waals surface area contributed by atoms with E-state index in [0.717, 1.165) is 4.88 Å². The summed E-state index contributed by atoms with van der Waals surface area (Å²) in [6.07, 6.45) is -0.709. The molecule has 0 saturated carbocycles. The van der Waals surface area contributed by atoms with Crippen LogP contribution in [-0.2, 0) is 0 Å². The number of nitrogens with zero attached hydrogens (tertiary/aromatic N) is 2. The van der Waals surface area contributed by atoms with Crippen LogP contribution in [0.5, 0.6) is 0 Å². The SMILES string of the molecule is N#C/C(=N\Nc1cccc(C(O)c2cccs2)c1)C(=N)N. The maximum absolute atomic E-state index is 10.3. The van der Waals surface area contributed by atoms with Gasteiger partial charge in [0.2, 0.25) is 5.71 Å². The Morgan fingerprint density at radius 1 is 1.43 bits per heavy atom. The highest BCUT2D eigenvalue weighted by Crippen LogP contribution is 2.27. The lowest BCUT2D eigenvalue weighted by atomic mass is 10.1. The summed E-state index contributed by atoms with van der Waals surface area (Å²) in [5.41, 5.74) is 8.97. The summed E-state index contributed by atoms with van der Waals surface area (Å²) in [7, 11) is 0. The van der Waals surface area contributed by atoms with Gasteiger partial charge >= 0.3 is 0 Å². The molecule has 2 aromatic rings. The fourth-order valence-corrected chi connectivity index (χ4v) is 2.39. The van der Waals surface area contributed by atoms with Gasteiger partial charge in [0.05, 0.1) is 5.69 Å². The summed E-state index contributed by atoms with van der Waals surface area (Å²) >= 11 is 1.47. The van der Waals surface area contributed by atoms with Crippen molar-refractivity contribution in [2.45, 2.75) is 6.10 Å². The first kappa shape index (κ1) is 14.7. The van der Waals surface area contributed by atoms with Gasteiger partial charge in [0.15, 0.2) is 5.84 Å². The van der Waals surface area contributed by atoms with E-state index in [-0.39, 0.29) is 5.71 Å². The molecule has 0 aliphatic carbocycles. The molecule has 0 bridgehead atoms. The number of nitriles is 1. The van der Waals surface area contributed by atoms with Gasteiger partial charge in [-0.1, -0.05) is 18.2 Å². The number of hydrazone groups is 1. The van der Waals surface area contributed by atoms with Gasteiger partial charge in [-0.15, -0.1) is 11.3 Å². The second-order valence-electron chi connectivity index (χ2n) is 4.14. The van der Waals surface area contributed by atoms with Crippen LogP contribution in [0, 0.1) is 16.7 Å². The fraction of sp³-hybridized carbons (Fsp3) is 0.0714. The van der Waals surface area contributed by atoms with Gasteiger partial charge < -0.3 is 10.8 Å². The van der Waals surface area contributed by atoms with Crippen LogP contribution < -0.4 is 11.2 Å². The lowest BCUT2D eigenvalue weighted by Crippen LogP contribution is -2.21. The number of aliphatic hydroxyl groups excluding tert-OH is 1. The van der Waals surface area contributed by atoms with E-state index in [1.807, 2.05) is 17.5 Å². The number of nitrogens with one attached hydrogen (secondary N) is 2. The van der Waals surface area contributed by atoms with Crippen LogP contribution in [0.1, 0.15) is 16.5 Å². The number of amidine groups is 1. The number of rotatable bonds is 5. The summed E-state index contributed by atoms with van der Waals surface area (Å²) in [6, 6.07) is 12.5. The van der Waals surface area contributed by atoms with Gasteiger partial charge in [-0.2, -0.15) is 10.4 Å². The molecule has 0 aliphatic rings. The molecular weight excluding hydrogens is 286 g/mol. The summed E-state index contributed by atoms with van der Waals surface area (Å²) in [4.78, 5) is 0.845. The standard InChI is InChI=1S/C14H13N5OS/c15-8-11(14(16)17)19-18-10-4-1-3-9(7-10)13(20)12-5-2-6-21-12/h1-7,13,18,20H,(H3,16,17)/b19-11+. The Morgan fingerprint density at radius 3 is 2.86 bits per heavy atom. The monoisotopic (exact) mass is 299 g/mol. The summed E-state index contributed by atoms with van der Waals surface area (Å²) in [5, 5.41) is 31.8. The number of hydrogen-bond acceptors (Lipinski definition) is 6. The summed E-state index contributed by atoms with van der Waals surface area (Å²) < 4.78 is 0. The lowest BCUT2D eigenvalue weighted by Gasteiger charge is -2.10. The maximum atomic E-state index is 10.3. The Balaban J connectivity index is 2.19. The Labute approximate surface area is 125 Å². The molecule has 5 N–H and O–H groups in total. The first-order chi connectivity index (χ1) is 10.1. The van der Waals surface area contributed by atoms with E-state index in [2.05, 4.69) is 10.5 Å². The minimum atomic E-state index is -0.709. The average molecular weight is 299 g/mol. The molecular formula is C14H13N5OS. The van der Waals surface area contributed by atoms with E-state index in [1.54, 1.807) is 30.3 Å². The molecule has 1 heterocycles. The molecule has 6 nitrogen and oxygen atoms in total. The molecule has 1 atom stereocenters. The Hall–Kier alpha value is -2.69. The van der Waals surface area contributed by atoms with E-state index in [9.17, 15) is 5.11 Å². The second kappa shape index (κ2) is 6.65. The van der Waals surface area contributed by atoms with Crippen molar-refractivity contribution in [1.82, 2.24) is 0 Å². The molecule has 0 amide bonds. The molecule has 0 radical (unpaired) electrons. The van der Waals surface area contributed by atoms with Gasteiger partial charge in [0.25, 0.3) is 0 Å². The highest BCUT2D eigenvalue weighted by Gasteiger charge is 2.11. The number of nitrogens with two attached hydrogens (primary N) is 1. The minimum Gasteiger partial charge on any atom is -0.383 e. The van der Waals surface area contributed by atoms with Crippen molar-refractivity contribution >= 4 is 28.6 Å². The average Bonchev–Trinajstić information content (AvgIpc) is 3.01. The van der Waals surface area contributed by atoms with Crippen molar-refractivity contribution in [3.63, 3.8) is 0 Å². The fourth-order valence-electron chi connectivity index (χ4n) is 1.66. The largest absolute Gasteiger partial charge is 0.383 e. The third-order valence-electron chi connectivity index (χ3n) is 2.67. The van der Waals surface area contributed by atoms with Crippen molar-refractivity contribution in [3.05, 3.63) is 52.2 Å². The van der Waals surface area contributed by atoms with Crippen molar-refractivity contribution in [2.24, 2.45) is 10.8 Å². The van der Waals surface area contributed by atoms with Crippen LogP contribution in [0.25, 0.3) is 0 Å². The van der Waals surface area contributed by atoms with Crippen molar-refractivity contribution in [1.29, 1.82) is 10.7 Å². The van der Waals surface area contributed by atoms with Crippen LogP contribution in [0.2, 0.25) is 0 Å². The molecule has 1 unspecified atom stereocenters. The quantitative estimate of drug-likeness (QED) is 0.384. The number of hydrogen-bond donors (Lipinski definition) is 4. The predicted octanol–water partition coefficient (Wildman–Crippen LogP) is 2.06. The predicted molar refractivity (Wildman–Crippen MR) is 83.4 cm³/mol. The van der Waals surface area contributed by atoms with Crippen LogP contribution >= 0.6 is 11.3 Å². The third-order valence-corrected chi connectivity index (χ3v) is 3.60. The Kier molecular flexibility index (Phi) is 4.66. The van der Waals surface area contributed by atoms with Gasteiger partial charge in [-0.05, 0) is 29.1 Å². The van der Waals surface area contributed by atoms with E-state index in [1.165, 1.54) is 11.3 Å². The maximum Gasteiger partial charge on any atom is 0.201 e. The smallest absolute Gasteiger partial charge is 0.201 e.